The molecule has 0 saturated carbocycles. The summed E-state index contributed by atoms with van der Waals surface area (Å²) in [4.78, 5) is 10.5. The Balaban J connectivity index is 1.97. The van der Waals surface area contributed by atoms with Crippen molar-refractivity contribution in [2.45, 2.75) is 31.5 Å². The second-order valence-electron chi connectivity index (χ2n) is 6.25. The Morgan fingerprint density at radius 2 is 1.60 bits per heavy atom. The highest BCUT2D eigenvalue weighted by molar-refractivity contribution is 5.85. The monoisotopic (exact) mass is 430 g/mol. The quantitative estimate of drug-likeness (QED) is 0.290. The summed E-state index contributed by atoms with van der Waals surface area (Å²) in [5.74, 6) is -0.689. The third-order valence-electron chi connectivity index (χ3n) is 3.87. The molecule has 4 nitrogen and oxygen atoms in total. The summed E-state index contributed by atoms with van der Waals surface area (Å²) >= 11 is 0. The Bertz CT molecular complexity index is 830. The van der Waals surface area contributed by atoms with Crippen LogP contribution in [0, 0.1) is 0 Å². The molecule has 1 atom stereocenters. The minimum absolute atomic E-state index is 0.123. The van der Waals surface area contributed by atoms with Crippen LogP contribution in [0.4, 0.5) is 22.0 Å². The lowest BCUT2D eigenvalue weighted by atomic mass is 10.1. The van der Waals surface area contributed by atoms with Crippen molar-refractivity contribution in [2.24, 2.45) is 0 Å². The molecule has 0 radical (unpaired) electrons. The van der Waals surface area contributed by atoms with Crippen LogP contribution in [-0.4, -0.2) is 30.3 Å². The highest BCUT2D eigenvalue weighted by Crippen LogP contribution is 2.29. The Labute approximate surface area is 169 Å². The zero-order chi connectivity index (χ0) is 22.1. The Kier molecular flexibility index (Phi) is 8.20. The second-order valence-corrected chi connectivity index (χ2v) is 6.25. The molecule has 0 amide bonds. The number of halogens is 5. The van der Waals surface area contributed by atoms with Crippen molar-refractivity contribution in [1.29, 1.82) is 0 Å². The molecule has 162 valence electrons. The summed E-state index contributed by atoms with van der Waals surface area (Å²) in [6.45, 7) is -0.123. The summed E-state index contributed by atoms with van der Waals surface area (Å²) in [6, 6.07) is 11.4. The number of alkyl halides is 5. The van der Waals surface area contributed by atoms with Crippen molar-refractivity contribution >= 4 is 12.0 Å². The third kappa shape index (κ3) is 8.10. The molecule has 2 aromatic rings. The van der Waals surface area contributed by atoms with Crippen LogP contribution >= 0.6 is 0 Å². The van der Waals surface area contributed by atoms with Gasteiger partial charge >= 0.3 is 12.1 Å². The van der Waals surface area contributed by atoms with Crippen LogP contribution in [0.2, 0.25) is 0 Å². The van der Waals surface area contributed by atoms with E-state index in [1.165, 1.54) is 54.6 Å². The van der Waals surface area contributed by atoms with Gasteiger partial charge in [0.2, 0.25) is 0 Å². The first-order valence-corrected chi connectivity index (χ1v) is 8.89. The van der Waals surface area contributed by atoms with E-state index in [-0.39, 0.29) is 24.3 Å². The van der Waals surface area contributed by atoms with Crippen LogP contribution in [0.1, 0.15) is 30.1 Å². The number of hydrogen-bond donors (Lipinski definition) is 1. The number of hydrogen-bond acceptors (Lipinski definition) is 3. The number of ether oxygens (including phenoxy) is 2. The molecular weight excluding hydrogens is 411 g/mol. The predicted octanol–water partition coefficient (Wildman–Crippen LogP) is 5.89. The number of benzene rings is 2. The van der Waals surface area contributed by atoms with E-state index in [0.717, 1.165) is 6.08 Å². The lowest BCUT2D eigenvalue weighted by Gasteiger charge is -2.19. The minimum Gasteiger partial charge on any atom is -0.494 e. The predicted molar refractivity (Wildman–Crippen MR) is 99.7 cm³/mol. The van der Waals surface area contributed by atoms with Crippen LogP contribution < -0.4 is 9.47 Å². The van der Waals surface area contributed by atoms with Gasteiger partial charge in [-0.15, -0.1) is 0 Å². The molecule has 0 aromatic heterocycles. The van der Waals surface area contributed by atoms with Crippen LogP contribution in [0.3, 0.4) is 0 Å². The zero-order valence-electron chi connectivity index (χ0n) is 15.6. The van der Waals surface area contributed by atoms with Crippen LogP contribution in [0.15, 0.2) is 54.6 Å². The van der Waals surface area contributed by atoms with Gasteiger partial charge in [-0.05, 0) is 47.9 Å². The molecule has 0 heterocycles. The van der Waals surface area contributed by atoms with Gasteiger partial charge in [0.1, 0.15) is 11.5 Å². The van der Waals surface area contributed by atoms with E-state index >= 15 is 0 Å². The number of carbonyl (C=O) groups is 1. The summed E-state index contributed by atoms with van der Waals surface area (Å²) < 4.78 is 73.8. The maximum atomic E-state index is 13.5. The second kappa shape index (κ2) is 10.6. The van der Waals surface area contributed by atoms with Gasteiger partial charge in [0.15, 0.2) is 6.10 Å². The first-order chi connectivity index (χ1) is 14.1. The Hall–Kier alpha value is -3.10. The van der Waals surface area contributed by atoms with E-state index in [9.17, 15) is 26.7 Å². The van der Waals surface area contributed by atoms with Crippen molar-refractivity contribution in [1.82, 2.24) is 0 Å². The van der Waals surface area contributed by atoms with Crippen molar-refractivity contribution < 1.29 is 41.3 Å². The van der Waals surface area contributed by atoms with Crippen LogP contribution in [0.5, 0.6) is 11.5 Å². The summed E-state index contributed by atoms with van der Waals surface area (Å²) in [5, 5.41) is 8.61. The van der Waals surface area contributed by atoms with Crippen LogP contribution in [-0.2, 0) is 4.79 Å². The number of rotatable bonds is 10. The zero-order valence-corrected chi connectivity index (χ0v) is 15.6. The molecule has 0 aliphatic carbocycles. The van der Waals surface area contributed by atoms with Gasteiger partial charge in [-0.25, -0.2) is 13.6 Å². The molecule has 0 bridgehead atoms. The van der Waals surface area contributed by atoms with Gasteiger partial charge in [-0.1, -0.05) is 24.3 Å². The fraction of sp³-hybridized carbons (Fsp3) is 0.286. The van der Waals surface area contributed by atoms with Crippen molar-refractivity contribution in [3.63, 3.8) is 0 Å². The van der Waals surface area contributed by atoms with E-state index in [4.69, 9.17) is 14.6 Å². The van der Waals surface area contributed by atoms with E-state index in [0.29, 0.717) is 11.3 Å². The van der Waals surface area contributed by atoms with Gasteiger partial charge in [0.25, 0.3) is 6.43 Å². The van der Waals surface area contributed by atoms with Crippen LogP contribution in [0.25, 0.3) is 6.08 Å². The molecule has 0 aliphatic rings. The summed E-state index contributed by atoms with van der Waals surface area (Å²) in [7, 11) is 0. The Morgan fingerprint density at radius 1 is 1.00 bits per heavy atom. The largest absolute Gasteiger partial charge is 0.494 e. The van der Waals surface area contributed by atoms with E-state index in [2.05, 4.69) is 0 Å². The molecule has 2 rings (SSSR count). The van der Waals surface area contributed by atoms with Crippen molar-refractivity contribution in [2.75, 3.05) is 6.61 Å². The molecule has 1 N–H and O–H groups in total. The van der Waals surface area contributed by atoms with Crippen molar-refractivity contribution in [3.05, 3.63) is 65.7 Å². The fourth-order valence-corrected chi connectivity index (χ4v) is 2.45. The average Bonchev–Trinajstić information content (AvgIpc) is 2.68. The molecule has 9 heteroatoms. The van der Waals surface area contributed by atoms with Gasteiger partial charge in [-0.2, -0.15) is 13.2 Å². The van der Waals surface area contributed by atoms with Gasteiger partial charge in [0, 0.05) is 12.5 Å². The molecule has 0 spiro atoms. The first kappa shape index (κ1) is 23.2. The molecular formula is C21H19F5O4. The Morgan fingerprint density at radius 3 is 2.13 bits per heavy atom. The normalized spacial score (nSPS) is 12.9. The number of carboxylic acid groups (broad SMARTS) is 1. The van der Waals surface area contributed by atoms with E-state index < -0.39 is 31.1 Å². The lowest BCUT2D eigenvalue weighted by Crippen LogP contribution is -2.16. The van der Waals surface area contributed by atoms with E-state index in [1.807, 2.05) is 0 Å². The smallest absolute Gasteiger partial charge is 0.389 e. The van der Waals surface area contributed by atoms with Gasteiger partial charge in [-0.3, -0.25) is 0 Å². The average molecular weight is 430 g/mol. The SMILES string of the molecule is O=C(O)C=Cc1ccc(C(Oc2ccc(OCCCC(F)(F)F)cc2)C(F)F)cc1. The van der Waals surface area contributed by atoms with Gasteiger partial charge < -0.3 is 14.6 Å². The highest BCUT2D eigenvalue weighted by Gasteiger charge is 2.26. The molecule has 2 aromatic carbocycles. The first-order valence-electron chi connectivity index (χ1n) is 8.89. The number of carboxylic acids is 1. The molecule has 0 fully saturated rings. The summed E-state index contributed by atoms with van der Waals surface area (Å²) in [6.07, 6.45) is -7.50. The summed E-state index contributed by atoms with van der Waals surface area (Å²) in [5.41, 5.74) is 0.728. The van der Waals surface area contributed by atoms with Gasteiger partial charge in [0.05, 0.1) is 6.61 Å². The lowest BCUT2D eigenvalue weighted by molar-refractivity contribution is -0.136. The molecule has 30 heavy (non-hydrogen) atoms. The topological polar surface area (TPSA) is 55.8 Å². The molecule has 1 unspecified atom stereocenters. The standard InChI is InChI=1S/C21H19F5O4/c22-20(23)19(15-5-2-14(3-6-15)4-11-18(27)28)30-17-9-7-16(8-10-17)29-13-1-12-21(24,25)26/h2-11,19-20H,1,12-13H2,(H,27,28). The molecule has 0 aliphatic heterocycles. The third-order valence-corrected chi connectivity index (χ3v) is 3.87. The van der Waals surface area contributed by atoms with Crippen molar-refractivity contribution in [3.8, 4) is 11.5 Å². The molecule has 0 saturated heterocycles. The highest BCUT2D eigenvalue weighted by atomic mass is 19.4. The number of aliphatic carboxylic acids is 1. The minimum atomic E-state index is -4.24. The maximum absolute atomic E-state index is 13.5. The fourth-order valence-electron chi connectivity index (χ4n) is 2.45. The van der Waals surface area contributed by atoms with E-state index in [1.54, 1.807) is 0 Å². The maximum Gasteiger partial charge on any atom is 0.389 e.